The van der Waals surface area contributed by atoms with Crippen LogP contribution in [-0.2, 0) is 0 Å². The molecule has 2 aromatic heterocycles. The molecule has 0 aliphatic carbocycles. The van der Waals surface area contributed by atoms with E-state index in [0.29, 0.717) is 17.0 Å². The van der Waals surface area contributed by atoms with E-state index in [2.05, 4.69) is 25.5 Å². The molecule has 0 saturated carbocycles. The van der Waals surface area contributed by atoms with Gasteiger partial charge in [-0.3, -0.25) is 9.78 Å². The average Bonchev–Trinajstić information content (AvgIpc) is 2.51. The monoisotopic (exact) mass is 263 g/mol. The van der Waals surface area contributed by atoms with E-state index in [0.717, 1.165) is 16.6 Å². The van der Waals surface area contributed by atoms with Gasteiger partial charge in [0.2, 0.25) is 0 Å². The fourth-order valence-corrected chi connectivity index (χ4v) is 2.30. The van der Waals surface area contributed by atoms with Crippen LogP contribution in [0.2, 0.25) is 0 Å². The summed E-state index contributed by atoms with van der Waals surface area (Å²) in [5.74, 6) is 1.20. The van der Waals surface area contributed by atoms with Crippen LogP contribution in [0.25, 0.3) is 10.8 Å². The number of pyridine rings is 1. The Morgan fingerprint density at radius 3 is 2.75 bits per heavy atom. The summed E-state index contributed by atoms with van der Waals surface area (Å²) in [4.78, 5) is 20.2. The molecule has 6 heteroatoms. The maximum Gasteiger partial charge on any atom is 0.272 e. The molecule has 4 rings (SSSR count). The number of aromatic amines is 1. The van der Waals surface area contributed by atoms with Crippen molar-refractivity contribution < 1.29 is 0 Å². The lowest BCUT2D eigenvalue weighted by atomic mass is 10.1. The first kappa shape index (κ1) is 10.9. The Morgan fingerprint density at radius 1 is 1.05 bits per heavy atom. The zero-order valence-electron chi connectivity index (χ0n) is 10.3. The summed E-state index contributed by atoms with van der Waals surface area (Å²) in [5, 5.41) is 11.1. The summed E-state index contributed by atoms with van der Waals surface area (Å²) in [7, 11) is 0. The van der Waals surface area contributed by atoms with Crippen LogP contribution in [0.1, 0.15) is 5.56 Å². The molecule has 0 fully saturated rings. The summed E-state index contributed by atoms with van der Waals surface area (Å²) in [6.07, 6.45) is 3.41. The van der Waals surface area contributed by atoms with Crippen molar-refractivity contribution >= 4 is 28.1 Å². The van der Waals surface area contributed by atoms with Crippen LogP contribution in [0.15, 0.2) is 52.5 Å². The second kappa shape index (κ2) is 3.99. The summed E-state index contributed by atoms with van der Waals surface area (Å²) < 4.78 is 0. The van der Waals surface area contributed by atoms with E-state index in [4.69, 9.17) is 0 Å². The molecule has 3 aromatic rings. The highest BCUT2D eigenvalue weighted by Gasteiger charge is 2.17. The second-order valence-corrected chi connectivity index (χ2v) is 4.43. The number of amidine groups is 1. The number of hydrogen-bond acceptors (Lipinski definition) is 5. The van der Waals surface area contributed by atoms with E-state index in [1.54, 1.807) is 18.5 Å². The van der Waals surface area contributed by atoms with Gasteiger partial charge < -0.3 is 5.32 Å². The maximum absolute atomic E-state index is 11.8. The van der Waals surface area contributed by atoms with Crippen molar-refractivity contribution in [3.05, 3.63) is 58.6 Å². The van der Waals surface area contributed by atoms with Gasteiger partial charge >= 0.3 is 0 Å². The Morgan fingerprint density at radius 2 is 1.90 bits per heavy atom. The van der Waals surface area contributed by atoms with Gasteiger partial charge in [0.1, 0.15) is 5.84 Å². The van der Waals surface area contributed by atoms with Crippen LogP contribution < -0.4 is 10.9 Å². The number of nitrogens with one attached hydrogen (secondary N) is 2. The molecule has 20 heavy (non-hydrogen) atoms. The molecule has 0 spiro atoms. The lowest BCUT2D eigenvalue weighted by Gasteiger charge is -2.17. The SMILES string of the molecule is O=c1[nH]nc2c3c(cccc13)NC(c1ccncc1)=N2. The van der Waals surface area contributed by atoms with E-state index in [1.165, 1.54) is 0 Å². The number of rotatable bonds is 1. The fraction of sp³-hybridized carbons (Fsp3) is 0. The normalized spacial score (nSPS) is 12.9. The Bertz CT molecular complexity index is 898. The predicted octanol–water partition coefficient (Wildman–Crippen LogP) is 1.82. The van der Waals surface area contributed by atoms with Crippen LogP contribution in [0, 0.1) is 0 Å². The number of anilines is 1. The standard InChI is InChI=1S/C14H9N5O/c20-14-9-2-1-3-10-11(9)13(18-19-14)17-12(16-10)8-4-6-15-7-5-8/h1-7H,(H,19,20)(H,16,17,18). The van der Waals surface area contributed by atoms with Gasteiger partial charge in [0.05, 0.1) is 16.5 Å². The number of hydrogen-bond donors (Lipinski definition) is 2. The van der Waals surface area contributed by atoms with Gasteiger partial charge in [-0.1, -0.05) is 6.07 Å². The van der Waals surface area contributed by atoms with Crippen LogP contribution in [0.4, 0.5) is 11.5 Å². The largest absolute Gasteiger partial charge is 0.339 e. The van der Waals surface area contributed by atoms with Crippen LogP contribution in [-0.4, -0.2) is 21.0 Å². The molecule has 1 aromatic carbocycles. The highest BCUT2D eigenvalue weighted by molar-refractivity contribution is 6.18. The van der Waals surface area contributed by atoms with Crippen molar-refractivity contribution in [2.75, 3.05) is 5.32 Å². The summed E-state index contributed by atoms with van der Waals surface area (Å²) in [6, 6.07) is 9.23. The molecule has 0 radical (unpaired) electrons. The minimum Gasteiger partial charge on any atom is -0.339 e. The maximum atomic E-state index is 11.8. The molecule has 0 amide bonds. The first-order valence-electron chi connectivity index (χ1n) is 6.10. The zero-order valence-corrected chi connectivity index (χ0v) is 10.3. The molecular weight excluding hydrogens is 254 g/mol. The molecule has 1 aliphatic rings. The number of aliphatic imine (C=N–C) groups is 1. The summed E-state index contributed by atoms with van der Waals surface area (Å²) >= 11 is 0. The van der Waals surface area contributed by atoms with E-state index in [9.17, 15) is 4.79 Å². The lowest BCUT2D eigenvalue weighted by Crippen LogP contribution is -2.19. The number of nitrogens with zero attached hydrogens (tertiary/aromatic N) is 3. The van der Waals surface area contributed by atoms with Crippen molar-refractivity contribution in [3.8, 4) is 0 Å². The smallest absolute Gasteiger partial charge is 0.272 e. The molecule has 0 bridgehead atoms. The molecule has 1 aliphatic heterocycles. The quantitative estimate of drug-likeness (QED) is 0.701. The summed E-state index contributed by atoms with van der Waals surface area (Å²) in [5.41, 5.74) is 1.53. The molecule has 96 valence electrons. The summed E-state index contributed by atoms with van der Waals surface area (Å²) in [6.45, 7) is 0. The van der Waals surface area contributed by atoms with E-state index in [1.807, 2.05) is 24.3 Å². The fourth-order valence-electron chi connectivity index (χ4n) is 2.30. The molecule has 6 nitrogen and oxygen atoms in total. The van der Waals surface area contributed by atoms with Crippen molar-refractivity contribution in [2.24, 2.45) is 4.99 Å². The van der Waals surface area contributed by atoms with Gasteiger partial charge in [0.15, 0.2) is 5.82 Å². The third-order valence-electron chi connectivity index (χ3n) is 3.22. The Kier molecular flexibility index (Phi) is 2.17. The van der Waals surface area contributed by atoms with Crippen molar-refractivity contribution in [2.45, 2.75) is 0 Å². The molecular formula is C14H9N5O. The number of benzene rings is 1. The molecule has 3 heterocycles. The first-order chi connectivity index (χ1) is 9.83. The highest BCUT2D eigenvalue weighted by Crippen LogP contribution is 2.32. The molecule has 2 N–H and O–H groups in total. The third kappa shape index (κ3) is 1.51. The van der Waals surface area contributed by atoms with Gasteiger partial charge in [-0.2, -0.15) is 5.10 Å². The minimum absolute atomic E-state index is 0.213. The van der Waals surface area contributed by atoms with Crippen molar-refractivity contribution in [3.63, 3.8) is 0 Å². The zero-order chi connectivity index (χ0) is 13.5. The van der Waals surface area contributed by atoms with Crippen LogP contribution in [0.3, 0.4) is 0 Å². The van der Waals surface area contributed by atoms with Gasteiger partial charge in [0, 0.05) is 18.0 Å². The van der Waals surface area contributed by atoms with Crippen molar-refractivity contribution in [1.29, 1.82) is 0 Å². The van der Waals surface area contributed by atoms with E-state index >= 15 is 0 Å². The Hall–Kier alpha value is -3.02. The number of aromatic nitrogens is 3. The topological polar surface area (TPSA) is 83.0 Å². The van der Waals surface area contributed by atoms with Gasteiger partial charge in [-0.15, -0.1) is 0 Å². The average molecular weight is 263 g/mol. The van der Waals surface area contributed by atoms with Crippen molar-refractivity contribution in [1.82, 2.24) is 15.2 Å². The molecule has 0 saturated heterocycles. The highest BCUT2D eigenvalue weighted by atomic mass is 16.1. The third-order valence-corrected chi connectivity index (χ3v) is 3.22. The van der Waals surface area contributed by atoms with Crippen LogP contribution in [0.5, 0.6) is 0 Å². The van der Waals surface area contributed by atoms with Crippen LogP contribution >= 0.6 is 0 Å². The number of H-pyrrole nitrogens is 1. The van der Waals surface area contributed by atoms with Gasteiger partial charge in [-0.05, 0) is 24.3 Å². The van der Waals surface area contributed by atoms with E-state index in [-0.39, 0.29) is 5.56 Å². The second-order valence-electron chi connectivity index (χ2n) is 4.43. The molecule has 0 unspecified atom stereocenters. The predicted molar refractivity (Wildman–Crippen MR) is 76.4 cm³/mol. The minimum atomic E-state index is -0.213. The van der Waals surface area contributed by atoms with Gasteiger partial charge in [0.25, 0.3) is 5.56 Å². The first-order valence-corrected chi connectivity index (χ1v) is 6.10. The van der Waals surface area contributed by atoms with E-state index < -0.39 is 0 Å². The molecule has 0 atom stereocenters. The lowest BCUT2D eigenvalue weighted by molar-refractivity contribution is 1.00. The Labute approximate surface area is 113 Å². The van der Waals surface area contributed by atoms with Gasteiger partial charge in [-0.25, -0.2) is 10.1 Å². The Balaban J connectivity index is 2.00.